The van der Waals surface area contributed by atoms with E-state index in [1.165, 1.54) is 0 Å². The predicted octanol–water partition coefficient (Wildman–Crippen LogP) is 0.845. The zero-order chi connectivity index (χ0) is 0. The van der Waals surface area contributed by atoms with Crippen LogP contribution in [0.3, 0.4) is 0 Å². The molecule has 6 radical (unpaired) electrons. The molecule has 1 nitrogen and oxygen atoms in total. The minimum atomic E-state index is 0. The molecule has 0 N–H and O–H groups in total. The average Bonchev–Trinajstić information content (AvgIpc) is 0. The predicted molar refractivity (Wildman–Crippen MR) is 97.9 cm³/mol. The Morgan fingerprint density at radius 3 is 0.300 bits per heavy atom. The maximum atomic E-state index is 0. The maximum absolute atomic E-state index is 0. The van der Waals surface area contributed by atoms with Gasteiger partial charge in [-0.2, -0.15) is 79.2 Å². The summed E-state index contributed by atoms with van der Waals surface area (Å²) in [7, 11) is 0. The SMILES string of the molecule is P.P.P.P.P.P.P.P.[N].[P]. The zero-order valence-electron chi connectivity index (χ0n) is 6.55. The van der Waals surface area contributed by atoms with Crippen LogP contribution in [0.25, 0.3) is 0 Å². The lowest BCUT2D eigenvalue weighted by molar-refractivity contribution is 2.13. The minimum absolute atomic E-state index is 0. The molecule has 0 aliphatic carbocycles. The minimum Gasteiger partial charge on any atom is -0.153 e. The first-order valence-electron chi connectivity index (χ1n) is 0. The molecule has 8 atom stereocenters. The molecule has 10 heavy (non-hydrogen) atoms. The Hall–Kier alpha value is 3.83. The summed E-state index contributed by atoms with van der Waals surface area (Å²) in [6.07, 6.45) is 0. The first-order chi connectivity index (χ1) is 0. The van der Waals surface area contributed by atoms with Crippen LogP contribution in [-0.4, -0.2) is 0 Å². The molecule has 0 saturated carbocycles. The molecule has 0 aliphatic rings. The van der Waals surface area contributed by atoms with Crippen molar-refractivity contribution in [3.8, 4) is 0 Å². The standard InChI is InChI=1S/N.8H3P.P/h;8*1H3;. The van der Waals surface area contributed by atoms with Gasteiger partial charge in [0, 0.05) is 16.0 Å². The van der Waals surface area contributed by atoms with E-state index in [0.29, 0.717) is 0 Å². The molecule has 0 aliphatic heterocycles. The van der Waals surface area contributed by atoms with Crippen molar-refractivity contribution in [1.29, 1.82) is 0 Å². The van der Waals surface area contributed by atoms with Crippen molar-refractivity contribution >= 4 is 89.1 Å². The van der Waals surface area contributed by atoms with Gasteiger partial charge >= 0.3 is 0 Å². The fourth-order valence-corrected chi connectivity index (χ4v) is 0. The van der Waals surface area contributed by atoms with E-state index in [9.17, 15) is 0 Å². The molecule has 0 bridgehead atoms. The second kappa shape index (κ2) is 122. The molecule has 0 amide bonds. The summed E-state index contributed by atoms with van der Waals surface area (Å²) in [6.45, 7) is 0. The highest BCUT2D eigenvalue weighted by molar-refractivity contribution is 6.93. The third-order valence-electron chi connectivity index (χ3n) is 0. The van der Waals surface area contributed by atoms with Gasteiger partial charge in [-0.1, -0.05) is 0 Å². The molecule has 0 aromatic heterocycles. The summed E-state index contributed by atoms with van der Waals surface area (Å²) in [5, 5.41) is 0. The van der Waals surface area contributed by atoms with Crippen molar-refractivity contribution < 1.29 is 0 Å². The van der Waals surface area contributed by atoms with E-state index in [2.05, 4.69) is 0 Å². The summed E-state index contributed by atoms with van der Waals surface area (Å²) in [5.41, 5.74) is 0. The van der Waals surface area contributed by atoms with Crippen LogP contribution in [0.1, 0.15) is 0 Å². The van der Waals surface area contributed by atoms with Gasteiger partial charge in [0.1, 0.15) is 0 Å². The summed E-state index contributed by atoms with van der Waals surface area (Å²) < 4.78 is 0. The zero-order valence-corrected chi connectivity index (χ0v) is 18.8. The van der Waals surface area contributed by atoms with Crippen molar-refractivity contribution in [2.24, 2.45) is 0 Å². The highest BCUT2D eigenvalue weighted by atomic mass is 31.0. The van der Waals surface area contributed by atoms with Gasteiger partial charge in [0.25, 0.3) is 0 Å². The summed E-state index contributed by atoms with van der Waals surface area (Å²) in [4.78, 5) is 0. The molecular formula is H24NP9. The largest absolute Gasteiger partial charge is 0.153 e. The van der Waals surface area contributed by atoms with E-state index in [-0.39, 0.29) is 95.2 Å². The third kappa shape index (κ3) is 94.6. The molecular weight excluding hydrogens is 293 g/mol. The van der Waals surface area contributed by atoms with E-state index in [1.54, 1.807) is 0 Å². The van der Waals surface area contributed by atoms with Gasteiger partial charge in [-0.05, 0) is 0 Å². The molecule has 0 spiro atoms. The number of hydrogen-bond donors (Lipinski definition) is 0. The van der Waals surface area contributed by atoms with Gasteiger partial charge in [-0.3, -0.25) is 0 Å². The Balaban J connectivity index is 0. The Bertz CT molecular complexity index is 4.69. The van der Waals surface area contributed by atoms with Gasteiger partial charge in [0.05, 0.1) is 0 Å². The van der Waals surface area contributed by atoms with Crippen LogP contribution in [0.15, 0.2) is 0 Å². The lowest BCUT2D eigenvalue weighted by atomic mass is 14.0. The number of rotatable bonds is 0. The van der Waals surface area contributed by atoms with E-state index < -0.39 is 0 Å². The fraction of sp³-hybridized carbons (Fsp3) is 0. The van der Waals surface area contributed by atoms with Crippen LogP contribution in [0.5, 0.6) is 0 Å². The van der Waals surface area contributed by atoms with Crippen molar-refractivity contribution in [3.05, 3.63) is 0 Å². The third-order valence-corrected chi connectivity index (χ3v) is 0. The maximum Gasteiger partial charge on any atom is 0 e. The summed E-state index contributed by atoms with van der Waals surface area (Å²) >= 11 is 0. The summed E-state index contributed by atoms with van der Waals surface area (Å²) in [6, 6.07) is 0. The summed E-state index contributed by atoms with van der Waals surface area (Å²) in [5.74, 6) is 0. The molecule has 0 saturated heterocycles. The average molecular weight is 317 g/mol. The molecule has 0 fully saturated rings. The van der Waals surface area contributed by atoms with Crippen LogP contribution in [0.4, 0.5) is 0 Å². The highest BCUT2D eigenvalue weighted by Crippen LogP contribution is 0.869. The van der Waals surface area contributed by atoms with Gasteiger partial charge < -0.3 is 0 Å². The fourth-order valence-electron chi connectivity index (χ4n) is 0. The van der Waals surface area contributed by atoms with Gasteiger partial charge in [-0.25, -0.2) is 0 Å². The van der Waals surface area contributed by atoms with Crippen LogP contribution < -0.4 is 6.15 Å². The van der Waals surface area contributed by atoms with Crippen LogP contribution in [0.2, 0.25) is 0 Å². The van der Waals surface area contributed by atoms with Crippen LogP contribution in [-0.2, 0) is 0 Å². The van der Waals surface area contributed by atoms with Gasteiger partial charge in [-0.15, -0.1) is 0 Å². The Morgan fingerprint density at radius 2 is 0.300 bits per heavy atom. The molecule has 74 valence electrons. The van der Waals surface area contributed by atoms with E-state index in [4.69, 9.17) is 0 Å². The van der Waals surface area contributed by atoms with Gasteiger partial charge in [0.15, 0.2) is 0 Å². The number of hydrogen-bond acceptors (Lipinski definition) is 0. The van der Waals surface area contributed by atoms with E-state index >= 15 is 0 Å². The lowest BCUT2D eigenvalue weighted by Gasteiger charge is -0.154. The molecule has 0 heterocycles. The van der Waals surface area contributed by atoms with Crippen LogP contribution in [0, 0.1) is 0 Å². The van der Waals surface area contributed by atoms with Crippen molar-refractivity contribution in [3.63, 3.8) is 0 Å². The second-order valence-corrected chi connectivity index (χ2v) is 0. The first kappa shape index (κ1) is 155. The topological polar surface area (TPSA) is 30.5 Å². The quantitative estimate of drug-likeness (QED) is 0.593. The smallest absolute Gasteiger partial charge is 0 e. The van der Waals surface area contributed by atoms with Crippen molar-refractivity contribution in [2.45, 2.75) is 0 Å². The Labute approximate surface area is 95.3 Å². The van der Waals surface area contributed by atoms with Crippen molar-refractivity contribution in [1.82, 2.24) is 6.15 Å². The monoisotopic (exact) mass is 317 g/mol. The van der Waals surface area contributed by atoms with Crippen LogP contribution >= 0.6 is 89.1 Å². The Morgan fingerprint density at radius 1 is 0.300 bits per heavy atom. The van der Waals surface area contributed by atoms with E-state index in [0.717, 1.165) is 0 Å². The molecule has 0 rings (SSSR count). The second-order valence-electron chi connectivity index (χ2n) is 0. The normalized spacial score (nSPS) is 0. The molecule has 8 unspecified atom stereocenters. The van der Waals surface area contributed by atoms with Gasteiger partial charge in [0.2, 0.25) is 0 Å². The molecule has 0 aromatic rings. The first-order valence-corrected chi connectivity index (χ1v) is 0. The number of nitrogens with zero attached hydrogens (tertiary/aromatic N) is 1. The molecule has 0 aromatic carbocycles. The molecule has 10 heteroatoms. The van der Waals surface area contributed by atoms with Crippen molar-refractivity contribution in [2.75, 3.05) is 0 Å². The van der Waals surface area contributed by atoms with E-state index in [1.807, 2.05) is 0 Å². The highest BCUT2D eigenvalue weighted by Gasteiger charge is 0.00111. The lowest BCUT2D eigenvalue weighted by Crippen LogP contribution is -0.481. The Kier molecular flexibility index (Phi) is 1900.